The van der Waals surface area contributed by atoms with Crippen LogP contribution in [0.4, 0.5) is 4.39 Å². The Morgan fingerprint density at radius 1 is 1.11 bits per heavy atom. The number of ketones is 1. The summed E-state index contributed by atoms with van der Waals surface area (Å²) in [4.78, 5) is 21.1. The summed E-state index contributed by atoms with van der Waals surface area (Å²) in [6.45, 7) is 6.02. The molecule has 3 rings (SSSR count). The van der Waals surface area contributed by atoms with Crippen molar-refractivity contribution >= 4 is 12.0 Å². The van der Waals surface area contributed by atoms with Crippen LogP contribution in [0, 0.1) is 5.82 Å². The van der Waals surface area contributed by atoms with Gasteiger partial charge in [0.15, 0.2) is 5.78 Å². The van der Waals surface area contributed by atoms with Crippen molar-refractivity contribution in [2.75, 3.05) is 52.4 Å². The van der Waals surface area contributed by atoms with Gasteiger partial charge in [-0.15, -0.1) is 0 Å². The number of hydrogen-bond donors (Lipinski definition) is 2. The zero-order valence-electron chi connectivity index (χ0n) is 16.1. The molecule has 1 heterocycles. The monoisotopic (exact) mass is 389 g/mol. The molecule has 0 bridgehead atoms. The predicted molar refractivity (Wildman–Crippen MR) is 106 cm³/mol. The van der Waals surface area contributed by atoms with Crippen LogP contribution in [-0.4, -0.2) is 84.4 Å². The van der Waals surface area contributed by atoms with Crippen molar-refractivity contribution in [3.63, 3.8) is 0 Å². The van der Waals surface area contributed by atoms with Crippen molar-refractivity contribution in [2.24, 2.45) is 4.99 Å². The smallest absolute Gasteiger partial charge is 0.167 e. The Hall–Kier alpha value is -2.09. The second kappa shape index (κ2) is 9.91. The van der Waals surface area contributed by atoms with Crippen molar-refractivity contribution in [1.82, 2.24) is 9.80 Å². The van der Waals surface area contributed by atoms with Crippen molar-refractivity contribution in [2.45, 2.75) is 18.8 Å². The van der Waals surface area contributed by atoms with Crippen LogP contribution in [-0.2, 0) is 4.79 Å². The number of aliphatic hydroxyl groups is 2. The second-order valence-electron chi connectivity index (χ2n) is 7.31. The number of halogens is 1. The average molecular weight is 389 g/mol. The molecule has 1 aliphatic heterocycles. The minimum absolute atomic E-state index is 0.0317. The molecular weight excluding hydrogens is 361 g/mol. The third kappa shape index (κ3) is 5.25. The molecule has 1 atom stereocenters. The first kappa shape index (κ1) is 20.6. The quantitative estimate of drug-likeness (QED) is 0.695. The third-order valence-electron chi connectivity index (χ3n) is 5.49. The Balaban J connectivity index is 1.56. The van der Waals surface area contributed by atoms with E-state index in [9.17, 15) is 14.3 Å². The van der Waals surface area contributed by atoms with Gasteiger partial charge in [-0.2, -0.15) is 0 Å². The van der Waals surface area contributed by atoms with Gasteiger partial charge in [-0.1, -0.05) is 12.1 Å². The van der Waals surface area contributed by atoms with Gasteiger partial charge >= 0.3 is 0 Å². The van der Waals surface area contributed by atoms with E-state index in [-0.39, 0.29) is 35.5 Å². The zero-order chi connectivity index (χ0) is 19.9. The number of benzene rings is 1. The van der Waals surface area contributed by atoms with Gasteiger partial charge in [-0.3, -0.25) is 19.6 Å². The van der Waals surface area contributed by atoms with Crippen molar-refractivity contribution in [3.8, 4) is 0 Å². The van der Waals surface area contributed by atoms with E-state index in [0.717, 1.165) is 44.8 Å². The molecule has 2 N–H and O–H groups in total. The van der Waals surface area contributed by atoms with E-state index < -0.39 is 0 Å². The lowest BCUT2D eigenvalue weighted by molar-refractivity contribution is -0.115. The Kier molecular flexibility index (Phi) is 7.30. The predicted octanol–water partition coefficient (Wildman–Crippen LogP) is 1.76. The Morgan fingerprint density at radius 3 is 2.39 bits per heavy atom. The number of nitrogens with zero attached hydrogens (tertiary/aromatic N) is 3. The van der Waals surface area contributed by atoms with E-state index in [4.69, 9.17) is 5.11 Å². The molecule has 1 saturated heterocycles. The summed E-state index contributed by atoms with van der Waals surface area (Å²) >= 11 is 0. The molecule has 2 aliphatic rings. The first-order valence-corrected chi connectivity index (χ1v) is 9.85. The maximum absolute atomic E-state index is 13.1. The molecule has 1 fully saturated rings. The Labute approximate surface area is 165 Å². The van der Waals surface area contributed by atoms with Crippen molar-refractivity contribution < 1.29 is 19.4 Å². The van der Waals surface area contributed by atoms with E-state index >= 15 is 0 Å². The molecular formula is C21H28FN3O3. The maximum Gasteiger partial charge on any atom is 0.167 e. The van der Waals surface area contributed by atoms with Crippen LogP contribution in [0.5, 0.6) is 0 Å². The summed E-state index contributed by atoms with van der Waals surface area (Å²) in [6, 6.07) is 6.04. The Morgan fingerprint density at radius 2 is 1.75 bits per heavy atom. The van der Waals surface area contributed by atoms with Crippen LogP contribution < -0.4 is 0 Å². The number of hydrogen-bond acceptors (Lipinski definition) is 6. The number of allylic oxidation sites excluding steroid dienone is 2. The number of rotatable bonds is 7. The summed E-state index contributed by atoms with van der Waals surface area (Å²) in [7, 11) is 0. The van der Waals surface area contributed by atoms with E-state index in [0.29, 0.717) is 19.4 Å². The van der Waals surface area contributed by atoms with Gasteiger partial charge in [0.05, 0.1) is 18.7 Å². The molecule has 1 unspecified atom stereocenters. The highest BCUT2D eigenvalue weighted by Gasteiger charge is 2.28. The van der Waals surface area contributed by atoms with E-state index in [1.165, 1.54) is 18.3 Å². The number of β-amino-alcohol motifs (C(OH)–C–C–N with tert-alkyl or cyclic N) is 1. The van der Waals surface area contributed by atoms with Gasteiger partial charge in [0, 0.05) is 57.8 Å². The summed E-state index contributed by atoms with van der Waals surface area (Å²) < 4.78 is 13.1. The van der Waals surface area contributed by atoms with Crippen LogP contribution >= 0.6 is 0 Å². The molecule has 28 heavy (non-hydrogen) atoms. The number of aliphatic hydroxyl groups excluding tert-OH is 2. The van der Waals surface area contributed by atoms with Crippen molar-refractivity contribution in [3.05, 3.63) is 47.0 Å². The lowest BCUT2D eigenvalue weighted by Crippen LogP contribution is -2.47. The molecule has 7 heteroatoms. The normalized spacial score (nSPS) is 22.4. The van der Waals surface area contributed by atoms with Crippen LogP contribution in [0.25, 0.3) is 0 Å². The van der Waals surface area contributed by atoms with Crippen LogP contribution in [0.2, 0.25) is 0 Å². The first-order valence-electron chi connectivity index (χ1n) is 9.85. The highest BCUT2D eigenvalue weighted by molar-refractivity contribution is 6.14. The molecule has 6 nitrogen and oxygen atoms in total. The van der Waals surface area contributed by atoms with Gasteiger partial charge in [0.1, 0.15) is 11.6 Å². The van der Waals surface area contributed by atoms with Crippen molar-refractivity contribution in [1.29, 1.82) is 0 Å². The Bertz CT molecular complexity index is 725. The molecule has 152 valence electrons. The maximum atomic E-state index is 13.1. The number of aliphatic imine (C=N–C) groups is 1. The number of carbonyl (C=O) groups excluding carboxylic acids is 1. The largest absolute Gasteiger partial charge is 0.511 e. The fraction of sp³-hybridized carbons (Fsp3) is 0.524. The molecule has 0 radical (unpaired) electrons. The van der Waals surface area contributed by atoms with Gasteiger partial charge in [0.2, 0.25) is 0 Å². The highest BCUT2D eigenvalue weighted by Crippen LogP contribution is 2.34. The minimum atomic E-state index is -0.321. The van der Waals surface area contributed by atoms with Crippen LogP contribution in [0.15, 0.2) is 40.6 Å². The van der Waals surface area contributed by atoms with Gasteiger partial charge < -0.3 is 10.2 Å². The summed E-state index contributed by atoms with van der Waals surface area (Å²) in [6.07, 6.45) is 2.36. The SMILES string of the molecule is O=C1CCC(c2ccc(F)cc2)C(O)=C1C=NCCN1CCN(CCO)CC1. The minimum Gasteiger partial charge on any atom is -0.511 e. The fourth-order valence-electron chi connectivity index (χ4n) is 3.77. The fourth-order valence-corrected chi connectivity index (χ4v) is 3.77. The second-order valence-corrected chi connectivity index (χ2v) is 7.31. The standard InChI is InChI=1S/C21H28FN3O3/c22-17-3-1-16(2-4-17)18-5-6-20(27)19(21(18)28)15-23-7-8-24-9-11-25(12-10-24)13-14-26/h1-4,15,18,26,28H,5-14H2. The molecule has 0 saturated carbocycles. The molecule has 0 aromatic heterocycles. The highest BCUT2D eigenvalue weighted by atomic mass is 19.1. The topological polar surface area (TPSA) is 76.4 Å². The van der Waals surface area contributed by atoms with Gasteiger partial charge in [0.25, 0.3) is 0 Å². The van der Waals surface area contributed by atoms with Crippen LogP contribution in [0.3, 0.4) is 0 Å². The average Bonchev–Trinajstić information content (AvgIpc) is 2.70. The van der Waals surface area contributed by atoms with E-state index in [1.54, 1.807) is 12.1 Å². The molecule has 1 aromatic rings. The van der Waals surface area contributed by atoms with E-state index in [2.05, 4.69) is 14.8 Å². The third-order valence-corrected chi connectivity index (χ3v) is 5.49. The van der Waals surface area contributed by atoms with Gasteiger partial charge in [-0.25, -0.2) is 4.39 Å². The number of carbonyl (C=O) groups is 1. The lowest BCUT2D eigenvalue weighted by atomic mass is 9.83. The first-order chi connectivity index (χ1) is 13.6. The molecule has 0 amide bonds. The van der Waals surface area contributed by atoms with Gasteiger partial charge in [-0.05, 0) is 24.1 Å². The summed E-state index contributed by atoms with van der Waals surface area (Å²) in [5.74, 6) is -0.682. The zero-order valence-corrected chi connectivity index (χ0v) is 16.1. The number of piperazine rings is 1. The molecule has 0 spiro atoms. The lowest BCUT2D eigenvalue weighted by Gasteiger charge is -2.33. The summed E-state index contributed by atoms with van der Waals surface area (Å²) in [5, 5.41) is 19.6. The summed E-state index contributed by atoms with van der Waals surface area (Å²) in [5.41, 5.74) is 1.08. The molecule has 1 aromatic carbocycles. The number of Topliss-reactive ketones (excluding diaryl/α,β-unsaturated/α-hetero) is 1. The van der Waals surface area contributed by atoms with Crippen LogP contribution in [0.1, 0.15) is 24.3 Å². The molecule has 1 aliphatic carbocycles. The van der Waals surface area contributed by atoms with E-state index in [1.807, 2.05) is 0 Å².